The Balaban J connectivity index is 2.40. The van der Waals surface area contributed by atoms with E-state index in [1.165, 1.54) is 18.7 Å². The van der Waals surface area contributed by atoms with Crippen LogP contribution in [-0.4, -0.2) is 33.8 Å². The lowest BCUT2D eigenvalue weighted by Gasteiger charge is -2.12. The van der Waals surface area contributed by atoms with Crippen LogP contribution in [0.1, 0.15) is 18.9 Å². The van der Waals surface area contributed by atoms with Crippen LogP contribution in [-0.2, 0) is 15.3 Å². The van der Waals surface area contributed by atoms with Gasteiger partial charge in [-0.3, -0.25) is 4.79 Å². The van der Waals surface area contributed by atoms with Crippen molar-refractivity contribution in [1.82, 2.24) is 10.3 Å². The smallest absolute Gasteiger partial charge is 0.326 e. The van der Waals surface area contributed by atoms with E-state index in [2.05, 4.69) is 10.3 Å². The Hall–Kier alpha value is -0.980. The number of rotatable bonds is 7. The number of halogens is 2. The minimum Gasteiger partial charge on any atom is -0.480 e. The monoisotopic (exact) mass is 336 g/mol. The largest absolute Gasteiger partial charge is 0.480 e. The Morgan fingerprint density at radius 1 is 1.50 bits per heavy atom. The van der Waals surface area contributed by atoms with Gasteiger partial charge in [0.05, 0.1) is 0 Å². The van der Waals surface area contributed by atoms with Crippen molar-refractivity contribution in [1.29, 1.82) is 0 Å². The van der Waals surface area contributed by atoms with E-state index in [1.807, 2.05) is 0 Å². The maximum atomic E-state index is 10.9. The number of pyridine rings is 1. The first kappa shape index (κ1) is 17.1. The second-order valence-electron chi connectivity index (χ2n) is 4.03. The highest BCUT2D eigenvalue weighted by molar-refractivity contribution is 7.98. The maximum absolute atomic E-state index is 10.9. The summed E-state index contributed by atoms with van der Waals surface area (Å²) in [6.45, 7) is 1.29. The van der Waals surface area contributed by atoms with Crippen molar-refractivity contribution in [3.63, 3.8) is 0 Å². The number of carbonyl (C=O) groups is 2. The van der Waals surface area contributed by atoms with E-state index in [4.69, 9.17) is 28.3 Å². The topological polar surface area (TPSA) is 79.3 Å². The summed E-state index contributed by atoms with van der Waals surface area (Å²) in [5.41, 5.74) is 0.840. The third-order valence-corrected chi connectivity index (χ3v) is 3.98. The van der Waals surface area contributed by atoms with Gasteiger partial charge in [0, 0.05) is 23.9 Å². The number of carbonyl (C=O) groups excluding carboxylic acids is 1. The van der Waals surface area contributed by atoms with E-state index in [0.29, 0.717) is 28.1 Å². The van der Waals surface area contributed by atoms with Crippen LogP contribution in [0.2, 0.25) is 10.2 Å². The maximum Gasteiger partial charge on any atom is 0.326 e. The minimum absolute atomic E-state index is 0.334. The Morgan fingerprint density at radius 2 is 2.20 bits per heavy atom. The summed E-state index contributed by atoms with van der Waals surface area (Å²) in [5.74, 6) is -0.203. The van der Waals surface area contributed by atoms with Crippen molar-refractivity contribution in [2.45, 2.75) is 25.1 Å². The molecule has 110 valence electrons. The zero-order chi connectivity index (χ0) is 15.1. The van der Waals surface area contributed by atoms with Gasteiger partial charge in [0.15, 0.2) is 0 Å². The van der Waals surface area contributed by atoms with Crippen LogP contribution in [0.4, 0.5) is 0 Å². The van der Waals surface area contributed by atoms with Crippen molar-refractivity contribution in [3.8, 4) is 0 Å². The van der Waals surface area contributed by atoms with Crippen LogP contribution >= 0.6 is 35.0 Å². The van der Waals surface area contributed by atoms with E-state index >= 15 is 0 Å². The number of carboxylic acid groups (broad SMARTS) is 1. The molecule has 0 saturated carbocycles. The van der Waals surface area contributed by atoms with Crippen molar-refractivity contribution in [2.75, 3.05) is 5.75 Å². The lowest BCUT2D eigenvalue weighted by Crippen LogP contribution is -2.39. The summed E-state index contributed by atoms with van der Waals surface area (Å²) in [6, 6.07) is 0.704. The Labute approximate surface area is 131 Å². The highest BCUT2D eigenvalue weighted by Crippen LogP contribution is 2.23. The van der Waals surface area contributed by atoms with E-state index < -0.39 is 12.0 Å². The molecule has 0 spiro atoms. The van der Waals surface area contributed by atoms with Crippen molar-refractivity contribution in [3.05, 3.63) is 28.0 Å². The molecule has 1 unspecified atom stereocenters. The number of aliphatic carboxylic acids is 1. The molecule has 0 aliphatic rings. The Morgan fingerprint density at radius 3 is 2.75 bits per heavy atom. The molecule has 1 amide bonds. The first-order valence-corrected chi connectivity index (χ1v) is 7.68. The molecule has 0 bridgehead atoms. The fourth-order valence-corrected chi connectivity index (χ4v) is 2.94. The third-order valence-electron chi connectivity index (χ3n) is 2.38. The van der Waals surface area contributed by atoms with Gasteiger partial charge < -0.3 is 10.4 Å². The number of amides is 1. The van der Waals surface area contributed by atoms with Crippen LogP contribution < -0.4 is 5.32 Å². The predicted octanol–water partition coefficient (Wildman–Crippen LogP) is 2.60. The van der Waals surface area contributed by atoms with Gasteiger partial charge in [-0.15, -0.1) is 0 Å². The number of hydrogen-bond donors (Lipinski definition) is 2. The van der Waals surface area contributed by atoms with Gasteiger partial charge >= 0.3 is 5.97 Å². The predicted molar refractivity (Wildman–Crippen MR) is 80.3 cm³/mol. The van der Waals surface area contributed by atoms with E-state index in [9.17, 15) is 9.59 Å². The van der Waals surface area contributed by atoms with Gasteiger partial charge in [-0.1, -0.05) is 23.2 Å². The zero-order valence-electron chi connectivity index (χ0n) is 10.7. The molecule has 0 aromatic carbocycles. The minimum atomic E-state index is -1.04. The molecule has 1 aromatic heterocycles. The molecule has 2 N–H and O–H groups in total. The van der Waals surface area contributed by atoms with Gasteiger partial charge in [0.2, 0.25) is 5.91 Å². The van der Waals surface area contributed by atoms with Crippen LogP contribution in [0.3, 0.4) is 0 Å². The number of nitrogens with zero attached hydrogens (tertiary/aromatic N) is 1. The van der Waals surface area contributed by atoms with Crippen molar-refractivity contribution in [2.24, 2.45) is 0 Å². The Kier molecular flexibility index (Phi) is 7.12. The molecule has 8 heteroatoms. The standard InChI is InChI=1S/C12H14Cl2N2O3S/c1-7(17)16-10(12(18)19)2-3-20-6-8-5-15-11(14)4-9(8)13/h4-5,10H,2-3,6H2,1H3,(H,16,17)(H,18,19). The first-order valence-electron chi connectivity index (χ1n) is 5.77. The fourth-order valence-electron chi connectivity index (χ4n) is 1.43. The number of nitrogens with one attached hydrogen (secondary N) is 1. The van der Waals surface area contributed by atoms with Crippen LogP contribution in [0.5, 0.6) is 0 Å². The van der Waals surface area contributed by atoms with Gasteiger partial charge in [-0.2, -0.15) is 11.8 Å². The quantitative estimate of drug-likeness (QED) is 0.591. The number of hydrogen-bond acceptors (Lipinski definition) is 4. The molecule has 0 saturated heterocycles. The second kappa shape index (κ2) is 8.34. The molecular weight excluding hydrogens is 323 g/mol. The van der Waals surface area contributed by atoms with Crippen molar-refractivity contribution < 1.29 is 14.7 Å². The van der Waals surface area contributed by atoms with Crippen LogP contribution in [0.25, 0.3) is 0 Å². The van der Waals surface area contributed by atoms with Crippen LogP contribution in [0, 0.1) is 0 Å². The lowest BCUT2D eigenvalue weighted by atomic mass is 10.2. The molecule has 0 aliphatic heterocycles. The molecule has 20 heavy (non-hydrogen) atoms. The van der Waals surface area contributed by atoms with Gasteiger partial charge in [0.25, 0.3) is 0 Å². The van der Waals surface area contributed by atoms with Gasteiger partial charge in [-0.05, 0) is 23.8 Å². The van der Waals surface area contributed by atoms with E-state index in [-0.39, 0.29) is 5.91 Å². The molecule has 1 aromatic rings. The summed E-state index contributed by atoms with van der Waals surface area (Å²) < 4.78 is 0. The van der Waals surface area contributed by atoms with Crippen molar-refractivity contribution >= 4 is 46.8 Å². The third kappa shape index (κ3) is 5.98. The summed E-state index contributed by atoms with van der Waals surface area (Å²) in [7, 11) is 0. The number of aromatic nitrogens is 1. The molecule has 5 nitrogen and oxygen atoms in total. The summed E-state index contributed by atoms with van der Waals surface area (Å²) in [5, 5.41) is 12.2. The lowest BCUT2D eigenvalue weighted by molar-refractivity contribution is -0.141. The molecule has 1 atom stereocenters. The normalized spacial score (nSPS) is 11.9. The summed E-state index contributed by atoms with van der Waals surface area (Å²) in [4.78, 5) is 25.7. The average molecular weight is 337 g/mol. The number of carboxylic acids is 1. The molecule has 0 aliphatic carbocycles. The van der Waals surface area contributed by atoms with E-state index in [0.717, 1.165) is 5.56 Å². The second-order valence-corrected chi connectivity index (χ2v) is 5.93. The highest BCUT2D eigenvalue weighted by Gasteiger charge is 2.17. The molecule has 0 radical (unpaired) electrons. The molecule has 1 rings (SSSR count). The molecule has 0 fully saturated rings. The molecular formula is C12H14Cl2N2O3S. The summed E-state index contributed by atoms with van der Waals surface area (Å²) >= 11 is 13.2. The van der Waals surface area contributed by atoms with Gasteiger partial charge in [-0.25, -0.2) is 9.78 Å². The Bertz CT molecular complexity index is 500. The van der Waals surface area contributed by atoms with Crippen LogP contribution in [0.15, 0.2) is 12.3 Å². The first-order chi connectivity index (χ1) is 9.40. The zero-order valence-corrected chi connectivity index (χ0v) is 13.1. The SMILES string of the molecule is CC(=O)NC(CCSCc1cnc(Cl)cc1Cl)C(=O)O. The fraction of sp³-hybridized carbons (Fsp3) is 0.417. The summed E-state index contributed by atoms with van der Waals surface area (Å²) in [6.07, 6.45) is 1.94. The van der Waals surface area contributed by atoms with Gasteiger partial charge in [0.1, 0.15) is 11.2 Å². The highest BCUT2D eigenvalue weighted by atomic mass is 35.5. The molecule has 1 heterocycles. The van der Waals surface area contributed by atoms with E-state index in [1.54, 1.807) is 12.3 Å². The number of thioether (sulfide) groups is 1. The average Bonchev–Trinajstić information content (AvgIpc) is 2.34.